The summed E-state index contributed by atoms with van der Waals surface area (Å²) < 4.78 is 22.9. The van der Waals surface area contributed by atoms with E-state index in [9.17, 15) is 18.5 Å². The number of pyridine rings is 1. The zero-order valence-electron chi connectivity index (χ0n) is 9.78. The largest absolute Gasteiger partial charge is 0.270 e. The van der Waals surface area contributed by atoms with Crippen molar-refractivity contribution in [2.24, 2.45) is 0 Å². The summed E-state index contributed by atoms with van der Waals surface area (Å²) in [7, 11) is -4.29. The van der Waals surface area contributed by atoms with Crippen molar-refractivity contribution in [2.45, 2.75) is 4.90 Å². The third kappa shape index (κ3) is 2.93. The van der Waals surface area contributed by atoms with Gasteiger partial charge in [0.2, 0.25) is 0 Å². The van der Waals surface area contributed by atoms with Gasteiger partial charge in [-0.15, -0.1) is 5.14 Å². The Morgan fingerprint density at radius 1 is 1.25 bits per heavy atom. The van der Waals surface area contributed by atoms with Crippen molar-refractivity contribution in [3.8, 4) is 11.3 Å². The van der Waals surface area contributed by atoms with Crippen LogP contribution in [0.4, 0.5) is 5.69 Å². The summed E-state index contributed by atoms with van der Waals surface area (Å²) in [6, 6.07) is 7.56. The molecular formula is C11H7ClN3O4S. The van der Waals surface area contributed by atoms with Crippen LogP contribution in [0.2, 0.25) is 5.15 Å². The molecule has 1 N–H and O–H groups in total. The van der Waals surface area contributed by atoms with Crippen molar-refractivity contribution in [2.75, 3.05) is 0 Å². The lowest BCUT2D eigenvalue weighted by Crippen LogP contribution is -2.04. The summed E-state index contributed by atoms with van der Waals surface area (Å²) >= 11 is 5.72. The zero-order valence-corrected chi connectivity index (χ0v) is 11.4. The Balaban J connectivity index is 2.77. The van der Waals surface area contributed by atoms with Gasteiger partial charge in [0.05, 0.1) is 15.5 Å². The van der Waals surface area contributed by atoms with Crippen LogP contribution in [0.5, 0.6) is 0 Å². The van der Waals surface area contributed by atoms with Gasteiger partial charge in [-0.2, -0.15) is 0 Å². The van der Waals surface area contributed by atoms with Crippen molar-refractivity contribution in [1.82, 2.24) is 10.1 Å². The van der Waals surface area contributed by atoms with Crippen LogP contribution in [0, 0.1) is 10.1 Å². The second-order valence-corrected chi connectivity index (χ2v) is 5.62. The van der Waals surface area contributed by atoms with Crippen LogP contribution in [0.15, 0.2) is 41.3 Å². The number of sulfonamides is 1. The van der Waals surface area contributed by atoms with E-state index in [-0.39, 0.29) is 27.0 Å². The van der Waals surface area contributed by atoms with E-state index < -0.39 is 14.9 Å². The molecule has 0 aliphatic heterocycles. The molecule has 20 heavy (non-hydrogen) atoms. The van der Waals surface area contributed by atoms with Gasteiger partial charge in [-0.3, -0.25) is 10.1 Å². The van der Waals surface area contributed by atoms with E-state index in [1.54, 1.807) is 0 Å². The molecule has 0 aliphatic carbocycles. The number of hydrogen-bond acceptors (Lipinski definition) is 5. The minimum atomic E-state index is -4.29. The predicted octanol–water partition coefficient (Wildman–Crippen LogP) is 2.28. The first kappa shape index (κ1) is 14.4. The van der Waals surface area contributed by atoms with E-state index in [4.69, 9.17) is 16.7 Å². The lowest BCUT2D eigenvalue weighted by Gasteiger charge is -2.07. The fraction of sp³-hybridized carbons (Fsp3) is 0. The summed E-state index contributed by atoms with van der Waals surface area (Å²) in [5.74, 6) is 0. The first-order valence-electron chi connectivity index (χ1n) is 5.20. The van der Waals surface area contributed by atoms with Crippen LogP contribution in [0.3, 0.4) is 0 Å². The molecule has 1 aromatic carbocycles. The molecule has 0 atom stereocenters. The van der Waals surface area contributed by atoms with Gasteiger partial charge in [0.15, 0.2) is 0 Å². The molecule has 0 bridgehead atoms. The molecule has 0 spiro atoms. The average Bonchev–Trinajstić information content (AvgIpc) is 2.37. The Morgan fingerprint density at radius 2 is 1.95 bits per heavy atom. The highest BCUT2D eigenvalue weighted by Gasteiger charge is 2.20. The minimum Gasteiger partial charge on any atom is -0.258 e. The van der Waals surface area contributed by atoms with Crippen LogP contribution in [0.25, 0.3) is 11.3 Å². The van der Waals surface area contributed by atoms with Crippen LogP contribution < -0.4 is 5.14 Å². The molecule has 2 aromatic rings. The number of rotatable bonds is 3. The van der Waals surface area contributed by atoms with Gasteiger partial charge in [0.1, 0.15) is 5.15 Å². The average molecular weight is 313 g/mol. The Hall–Kier alpha value is -2.03. The van der Waals surface area contributed by atoms with Crippen molar-refractivity contribution < 1.29 is 13.3 Å². The Kier molecular flexibility index (Phi) is 3.71. The van der Waals surface area contributed by atoms with Crippen molar-refractivity contribution in [3.63, 3.8) is 0 Å². The Bertz CT molecular complexity index is 792. The van der Waals surface area contributed by atoms with E-state index in [0.29, 0.717) is 0 Å². The number of benzene rings is 1. The van der Waals surface area contributed by atoms with Gasteiger partial charge in [0, 0.05) is 17.7 Å². The highest BCUT2D eigenvalue weighted by Crippen LogP contribution is 2.30. The number of nitro benzene ring substituents is 1. The van der Waals surface area contributed by atoms with Crippen molar-refractivity contribution in [1.29, 1.82) is 0 Å². The maximum absolute atomic E-state index is 11.4. The number of nitrogens with one attached hydrogen (secondary N) is 1. The molecule has 0 saturated heterocycles. The van der Waals surface area contributed by atoms with Crippen molar-refractivity contribution >= 4 is 27.3 Å². The first-order chi connectivity index (χ1) is 9.29. The monoisotopic (exact) mass is 312 g/mol. The van der Waals surface area contributed by atoms with Crippen LogP contribution in [-0.4, -0.2) is 18.3 Å². The molecule has 7 nitrogen and oxygen atoms in total. The van der Waals surface area contributed by atoms with Crippen LogP contribution in [0.1, 0.15) is 0 Å². The second kappa shape index (κ2) is 5.16. The van der Waals surface area contributed by atoms with Gasteiger partial charge >= 0.3 is 0 Å². The Labute approximate surface area is 119 Å². The van der Waals surface area contributed by atoms with Crippen LogP contribution in [-0.2, 0) is 10.0 Å². The first-order valence-corrected chi connectivity index (χ1v) is 7.06. The molecule has 0 unspecified atom stereocenters. The third-order valence-corrected chi connectivity index (χ3v) is 3.60. The highest BCUT2D eigenvalue weighted by molar-refractivity contribution is 7.89. The van der Waals surface area contributed by atoms with E-state index in [2.05, 4.69) is 4.98 Å². The number of nitro groups is 1. The number of aromatic nitrogens is 1. The van der Waals surface area contributed by atoms with E-state index in [0.717, 1.165) is 18.2 Å². The third-order valence-electron chi connectivity index (χ3n) is 2.45. The van der Waals surface area contributed by atoms with E-state index in [1.165, 1.54) is 18.2 Å². The summed E-state index contributed by atoms with van der Waals surface area (Å²) in [6.45, 7) is 0. The Morgan fingerprint density at radius 3 is 2.50 bits per heavy atom. The van der Waals surface area contributed by atoms with E-state index in [1.807, 2.05) is 0 Å². The molecule has 1 aromatic heterocycles. The zero-order chi connectivity index (χ0) is 14.9. The quantitative estimate of drug-likeness (QED) is 0.490. The molecule has 103 valence electrons. The molecule has 9 heteroatoms. The molecule has 0 fully saturated rings. The van der Waals surface area contributed by atoms with Crippen molar-refractivity contribution in [3.05, 3.63) is 51.7 Å². The number of halogens is 1. The lowest BCUT2D eigenvalue weighted by atomic mass is 10.1. The van der Waals surface area contributed by atoms with Gasteiger partial charge in [-0.25, -0.2) is 13.4 Å². The second-order valence-electron chi connectivity index (χ2n) is 3.79. The summed E-state index contributed by atoms with van der Waals surface area (Å²) in [4.78, 5) is 13.7. The molecule has 1 radical (unpaired) electrons. The topological polar surface area (TPSA) is 114 Å². The number of hydrogen-bond donors (Lipinski definition) is 0. The molecule has 0 saturated carbocycles. The van der Waals surface area contributed by atoms with Gasteiger partial charge in [-0.05, 0) is 18.2 Å². The van der Waals surface area contributed by atoms with E-state index >= 15 is 0 Å². The predicted molar refractivity (Wildman–Crippen MR) is 71.6 cm³/mol. The number of non-ortho nitro benzene ring substituents is 1. The molecule has 1 heterocycles. The summed E-state index contributed by atoms with van der Waals surface area (Å²) in [6.07, 6.45) is 0. The summed E-state index contributed by atoms with van der Waals surface area (Å²) in [5, 5.41) is 18.0. The maximum atomic E-state index is 11.4. The van der Waals surface area contributed by atoms with Gasteiger partial charge < -0.3 is 0 Å². The fourth-order valence-electron chi connectivity index (χ4n) is 1.62. The fourth-order valence-corrected chi connectivity index (χ4v) is 2.49. The molecule has 2 rings (SSSR count). The minimum absolute atomic E-state index is 0.0308. The molecule has 0 amide bonds. The maximum Gasteiger partial charge on any atom is 0.270 e. The van der Waals surface area contributed by atoms with Gasteiger partial charge in [-0.1, -0.05) is 17.7 Å². The smallest absolute Gasteiger partial charge is 0.258 e. The number of nitrogens with zero attached hydrogens (tertiary/aromatic N) is 2. The standard InChI is InChI=1S/C11H7ClN3O4S/c12-11-3-1-2-9(14-11)8-6-7(15(16)17)4-5-10(8)20(13,18)19/h1-6,13H. The molecule has 0 aliphatic rings. The van der Waals surface area contributed by atoms with Crippen LogP contribution >= 0.6 is 11.6 Å². The normalized spacial score (nSPS) is 11.3. The van der Waals surface area contributed by atoms with Gasteiger partial charge in [0.25, 0.3) is 15.7 Å². The lowest BCUT2D eigenvalue weighted by molar-refractivity contribution is -0.384. The summed E-state index contributed by atoms with van der Waals surface area (Å²) in [5.41, 5.74) is -0.182. The molecular weight excluding hydrogens is 306 g/mol. The highest BCUT2D eigenvalue weighted by atomic mass is 35.5. The SMILES string of the molecule is [NH]S(=O)(=O)c1ccc([N+](=O)[O-])cc1-c1cccc(Cl)n1.